The van der Waals surface area contributed by atoms with Gasteiger partial charge < -0.3 is 19.2 Å². The third-order valence-corrected chi connectivity index (χ3v) is 3.23. The standard InChI is InChI=1S/C13H13NO4/c1-16-11-3-7-8-5-18-6-9(8)13(15)14-10(7)4-12(11)17-2/h3-4H,5-6H2,1-2H3,(H,14,15). The summed E-state index contributed by atoms with van der Waals surface area (Å²) in [6.07, 6.45) is 0. The van der Waals surface area contributed by atoms with Crippen LogP contribution in [0, 0.1) is 0 Å². The van der Waals surface area contributed by atoms with E-state index in [1.165, 1.54) is 0 Å². The average Bonchev–Trinajstić information content (AvgIpc) is 2.87. The Bertz CT molecular complexity index is 675. The van der Waals surface area contributed by atoms with Crippen LogP contribution in [0.1, 0.15) is 11.1 Å². The molecule has 1 aromatic carbocycles. The molecule has 1 aliphatic rings. The fraction of sp³-hybridized carbons (Fsp3) is 0.308. The van der Waals surface area contributed by atoms with E-state index in [4.69, 9.17) is 14.2 Å². The second kappa shape index (κ2) is 4.03. The molecule has 0 saturated heterocycles. The lowest BCUT2D eigenvalue weighted by molar-refractivity contribution is 0.134. The number of pyridine rings is 1. The minimum absolute atomic E-state index is 0.0952. The molecule has 2 aromatic rings. The smallest absolute Gasteiger partial charge is 0.254 e. The number of hydrogen-bond donors (Lipinski definition) is 1. The Morgan fingerprint density at radius 2 is 1.78 bits per heavy atom. The van der Waals surface area contributed by atoms with Gasteiger partial charge in [-0.2, -0.15) is 0 Å². The van der Waals surface area contributed by atoms with Gasteiger partial charge in [-0.15, -0.1) is 0 Å². The summed E-state index contributed by atoms with van der Waals surface area (Å²) in [4.78, 5) is 14.7. The predicted octanol–water partition coefficient (Wildman–Crippen LogP) is 1.58. The van der Waals surface area contributed by atoms with Crippen LogP contribution in [0.2, 0.25) is 0 Å². The Hall–Kier alpha value is -2.01. The number of fused-ring (bicyclic) bond motifs is 3. The van der Waals surface area contributed by atoms with Gasteiger partial charge in [-0.25, -0.2) is 0 Å². The van der Waals surface area contributed by atoms with Gasteiger partial charge in [-0.1, -0.05) is 0 Å². The van der Waals surface area contributed by atoms with Crippen LogP contribution >= 0.6 is 0 Å². The monoisotopic (exact) mass is 247 g/mol. The number of aromatic nitrogens is 1. The Kier molecular flexibility index (Phi) is 2.48. The van der Waals surface area contributed by atoms with Crippen LogP contribution in [-0.4, -0.2) is 19.2 Å². The minimum Gasteiger partial charge on any atom is -0.493 e. The van der Waals surface area contributed by atoms with Gasteiger partial charge in [0.1, 0.15) is 0 Å². The highest BCUT2D eigenvalue weighted by atomic mass is 16.5. The first kappa shape index (κ1) is 11.1. The Morgan fingerprint density at radius 3 is 2.50 bits per heavy atom. The number of aromatic amines is 1. The molecule has 2 heterocycles. The first-order chi connectivity index (χ1) is 8.74. The lowest BCUT2D eigenvalue weighted by Crippen LogP contribution is -2.12. The summed E-state index contributed by atoms with van der Waals surface area (Å²) in [6, 6.07) is 3.64. The maximum atomic E-state index is 11.9. The molecule has 0 fully saturated rings. The van der Waals surface area contributed by atoms with Crippen molar-refractivity contribution in [3.8, 4) is 11.5 Å². The molecule has 0 spiro atoms. The molecule has 1 N–H and O–H groups in total. The first-order valence-corrected chi connectivity index (χ1v) is 5.62. The zero-order chi connectivity index (χ0) is 12.7. The van der Waals surface area contributed by atoms with Crippen LogP contribution in [0.25, 0.3) is 10.9 Å². The highest BCUT2D eigenvalue weighted by Crippen LogP contribution is 2.34. The van der Waals surface area contributed by atoms with Crippen LogP contribution in [0.15, 0.2) is 16.9 Å². The van der Waals surface area contributed by atoms with E-state index in [2.05, 4.69) is 4.98 Å². The van der Waals surface area contributed by atoms with Crippen molar-refractivity contribution in [1.82, 2.24) is 4.98 Å². The van der Waals surface area contributed by atoms with Crippen molar-refractivity contribution in [1.29, 1.82) is 0 Å². The average molecular weight is 247 g/mol. The van der Waals surface area contributed by atoms with Crippen LogP contribution < -0.4 is 15.0 Å². The molecule has 0 bridgehead atoms. The molecule has 0 saturated carbocycles. The fourth-order valence-corrected chi connectivity index (χ4v) is 2.30. The Morgan fingerprint density at radius 1 is 1.11 bits per heavy atom. The normalized spacial score (nSPS) is 13.7. The van der Waals surface area contributed by atoms with Crippen LogP contribution in [-0.2, 0) is 18.0 Å². The van der Waals surface area contributed by atoms with E-state index in [0.717, 1.165) is 16.5 Å². The van der Waals surface area contributed by atoms with Crippen LogP contribution in [0.4, 0.5) is 0 Å². The maximum Gasteiger partial charge on any atom is 0.254 e. The SMILES string of the molecule is COc1cc2[nH]c(=O)c3c(c2cc1OC)COC3. The molecule has 0 atom stereocenters. The van der Waals surface area contributed by atoms with Crippen molar-refractivity contribution in [3.63, 3.8) is 0 Å². The second-order valence-corrected chi connectivity index (χ2v) is 4.16. The number of benzene rings is 1. The van der Waals surface area contributed by atoms with E-state index < -0.39 is 0 Å². The first-order valence-electron chi connectivity index (χ1n) is 5.62. The molecule has 5 heteroatoms. The molecule has 1 aromatic heterocycles. The van der Waals surface area contributed by atoms with E-state index in [9.17, 15) is 4.79 Å². The highest BCUT2D eigenvalue weighted by Gasteiger charge is 2.20. The largest absolute Gasteiger partial charge is 0.493 e. The van der Waals surface area contributed by atoms with Crippen molar-refractivity contribution >= 4 is 10.9 Å². The zero-order valence-corrected chi connectivity index (χ0v) is 10.2. The molecule has 94 valence electrons. The van der Waals surface area contributed by atoms with E-state index in [-0.39, 0.29) is 5.56 Å². The highest BCUT2D eigenvalue weighted by molar-refractivity contribution is 5.86. The lowest BCUT2D eigenvalue weighted by atomic mass is 10.1. The van der Waals surface area contributed by atoms with Crippen molar-refractivity contribution in [2.75, 3.05) is 14.2 Å². The molecule has 0 radical (unpaired) electrons. The predicted molar refractivity (Wildman–Crippen MR) is 66.2 cm³/mol. The van der Waals surface area contributed by atoms with E-state index >= 15 is 0 Å². The molecule has 0 amide bonds. The topological polar surface area (TPSA) is 60.6 Å². The number of hydrogen-bond acceptors (Lipinski definition) is 4. The number of nitrogens with one attached hydrogen (secondary N) is 1. The molecule has 3 rings (SSSR count). The lowest BCUT2D eigenvalue weighted by Gasteiger charge is -2.10. The van der Waals surface area contributed by atoms with Gasteiger partial charge in [0.2, 0.25) is 0 Å². The summed E-state index contributed by atoms with van der Waals surface area (Å²) >= 11 is 0. The summed E-state index contributed by atoms with van der Waals surface area (Å²) in [6.45, 7) is 0.834. The van der Waals surface area contributed by atoms with E-state index in [1.807, 2.05) is 6.07 Å². The zero-order valence-electron chi connectivity index (χ0n) is 10.2. The van der Waals surface area contributed by atoms with Gasteiger partial charge in [-0.3, -0.25) is 4.79 Å². The summed E-state index contributed by atoms with van der Waals surface area (Å²) in [7, 11) is 3.16. The molecular formula is C13H13NO4. The van der Waals surface area contributed by atoms with Crippen LogP contribution in [0.5, 0.6) is 11.5 Å². The van der Waals surface area contributed by atoms with Gasteiger partial charge >= 0.3 is 0 Å². The second-order valence-electron chi connectivity index (χ2n) is 4.16. The molecule has 1 aliphatic heterocycles. The molecule has 18 heavy (non-hydrogen) atoms. The third-order valence-electron chi connectivity index (χ3n) is 3.23. The summed E-state index contributed by atoms with van der Waals surface area (Å²) in [5.41, 5.74) is 2.29. The molecule has 0 aliphatic carbocycles. The maximum absolute atomic E-state index is 11.9. The van der Waals surface area contributed by atoms with Crippen molar-refractivity contribution in [2.45, 2.75) is 13.2 Å². The fourth-order valence-electron chi connectivity index (χ4n) is 2.30. The molecule has 0 unspecified atom stereocenters. The quantitative estimate of drug-likeness (QED) is 0.875. The van der Waals surface area contributed by atoms with Gasteiger partial charge in [0.05, 0.1) is 33.0 Å². The summed E-state index contributed by atoms with van der Waals surface area (Å²) in [5, 5.41) is 0.944. The minimum atomic E-state index is -0.0952. The number of methoxy groups -OCH3 is 2. The molecular weight excluding hydrogens is 234 g/mol. The van der Waals surface area contributed by atoms with Crippen molar-refractivity contribution in [3.05, 3.63) is 33.6 Å². The third kappa shape index (κ3) is 1.48. The van der Waals surface area contributed by atoms with Gasteiger partial charge in [0, 0.05) is 17.0 Å². The van der Waals surface area contributed by atoms with Crippen LogP contribution in [0.3, 0.4) is 0 Å². The summed E-state index contributed by atoms with van der Waals surface area (Å²) in [5.74, 6) is 1.24. The number of rotatable bonds is 2. The Balaban J connectivity index is 2.38. The van der Waals surface area contributed by atoms with Crippen molar-refractivity contribution < 1.29 is 14.2 Å². The van der Waals surface area contributed by atoms with Crippen molar-refractivity contribution in [2.24, 2.45) is 0 Å². The Labute approximate surface area is 103 Å². The van der Waals surface area contributed by atoms with Gasteiger partial charge in [0.15, 0.2) is 11.5 Å². The van der Waals surface area contributed by atoms with E-state index in [1.54, 1.807) is 20.3 Å². The van der Waals surface area contributed by atoms with Gasteiger partial charge in [-0.05, 0) is 11.6 Å². The van der Waals surface area contributed by atoms with Gasteiger partial charge in [0.25, 0.3) is 5.56 Å². The summed E-state index contributed by atoms with van der Waals surface area (Å²) < 4.78 is 15.8. The molecule has 5 nitrogen and oxygen atoms in total. The van der Waals surface area contributed by atoms with E-state index in [0.29, 0.717) is 30.3 Å². The number of ether oxygens (including phenoxy) is 3. The number of H-pyrrole nitrogens is 1.